The van der Waals surface area contributed by atoms with Crippen LogP contribution in [0.2, 0.25) is 0 Å². The van der Waals surface area contributed by atoms with Crippen molar-refractivity contribution in [3.8, 4) is 5.75 Å². The molecule has 5 heteroatoms. The molecule has 0 radical (unpaired) electrons. The number of methoxy groups -OCH3 is 1. The molecular weight excluding hydrogens is 262 g/mol. The van der Waals surface area contributed by atoms with Crippen molar-refractivity contribution in [2.24, 2.45) is 0 Å². The van der Waals surface area contributed by atoms with E-state index in [4.69, 9.17) is 9.47 Å². The predicted molar refractivity (Wildman–Crippen MR) is 76.5 cm³/mol. The maximum atomic E-state index is 12.3. The van der Waals surface area contributed by atoms with Gasteiger partial charge in [-0.2, -0.15) is 0 Å². The van der Waals surface area contributed by atoms with Crippen LogP contribution in [-0.2, 0) is 21.3 Å². The van der Waals surface area contributed by atoms with Crippen LogP contribution in [0.15, 0.2) is 24.3 Å². The molecule has 1 saturated heterocycles. The second-order valence-corrected chi connectivity index (χ2v) is 7.76. The molecule has 19 heavy (non-hydrogen) atoms. The first kappa shape index (κ1) is 14.5. The van der Waals surface area contributed by atoms with Gasteiger partial charge in [-0.15, -0.1) is 0 Å². The summed E-state index contributed by atoms with van der Waals surface area (Å²) in [7, 11) is 0.507. The molecule has 1 fully saturated rings. The molecule has 2 rings (SSSR count). The Labute approximate surface area is 117 Å². The first-order chi connectivity index (χ1) is 8.87. The molecule has 1 N–H and O–H groups in total. The van der Waals surface area contributed by atoms with Crippen LogP contribution in [0.5, 0.6) is 5.75 Å². The minimum Gasteiger partial charge on any atom is -0.497 e. The van der Waals surface area contributed by atoms with E-state index in [1.165, 1.54) is 0 Å². The van der Waals surface area contributed by atoms with Gasteiger partial charge in [0.2, 0.25) is 0 Å². The van der Waals surface area contributed by atoms with E-state index in [0.717, 1.165) is 11.3 Å². The number of benzene rings is 1. The van der Waals surface area contributed by atoms with Crippen molar-refractivity contribution < 1.29 is 13.7 Å². The molecule has 0 aromatic heterocycles. The Balaban J connectivity index is 2.25. The van der Waals surface area contributed by atoms with Crippen molar-refractivity contribution >= 4 is 11.0 Å². The molecule has 1 unspecified atom stereocenters. The lowest BCUT2D eigenvalue weighted by Crippen LogP contribution is -2.59. The van der Waals surface area contributed by atoms with Gasteiger partial charge < -0.3 is 9.47 Å². The van der Waals surface area contributed by atoms with E-state index in [2.05, 4.69) is 4.72 Å². The van der Waals surface area contributed by atoms with Gasteiger partial charge in [0.05, 0.1) is 36.1 Å². The standard InChI is InChI=1S/C14H21NO3S/c1-13(2,3)19(16)15-14(9-18-10-14)11-6-5-7-12(8-11)17-4/h5-8,15H,9-10H2,1-4H3. The average molecular weight is 283 g/mol. The molecular formula is C14H21NO3S. The van der Waals surface area contributed by atoms with Crippen LogP contribution in [0, 0.1) is 0 Å². The lowest BCUT2D eigenvalue weighted by molar-refractivity contribution is -0.0660. The van der Waals surface area contributed by atoms with Crippen LogP contribution >= 0.6 is 0 Å². The van der Waals surface area contributed by atoms with E-state index in [9.17, 15) is 4.21 Å². The molecule has 0 amide bonds. The summed E-state index contributed by atoms with van der Waals surface area (Å²) in [6.45, 7) is 6.92. The first-order valence-electron chi connectivity index (χ1n) is 6.29. The third-order valence-electron chi connectivity index (χ3n) is 3.16. The summed E-state index contributed by atoms with van der Waals surface area (Å²) in [4.78, 5) is 0. The fraction of sp³-hybridized carbons (Fsp3) is 0.571. The molecule has 1 aromatic rings. The van der Waals surface area contributed by atoms with Crippen molar-refractivity contribution in [3.63, 3.8) is 0 Å². The van der Waals surface area contributed by atoms with Gasteiger partial charge in [-0.3, -0.25) is 0 Å². The Bertz CT molecular complexity index is 478. The van der Waals surface area contributed by atoms with E-state index >= 15 is 0 Å². The number of nitrogens with one attached hydrogen (secondary N) is 1. The highest BCUT2D eigenvalue weighted by Crippen LogP contribution is 2.33. The summed E-state index contributed by atoms with van der Waals surface area (Å²) in [6, 6.07) is 7.82. The van der Waals surface area contributed by atoms with Crippen LogP contribution in [0.25, 0.3) is 0 Å². The summed E-state index contributed by atoms with van der Waals surface area (Å²) in [5.74, 6) is 0.798. The number of rotatable bonds is 4. The maximum Gasteiger partial charge on any atom is 0.119 e. The zero-order chi connectivity index (χ0) is 14.1. The quantitative estimate of drug-likeness (QED) is 0.919. The van der Waals surface area contributed by atoms with Gasteiger partial charge in [-0.1, -0.05) is 12.1 Å². The fourth-order valence-corrected chi connectivity index (χ4v) is 2.74. The van der Waals surface area contributed by atoms with E-state index in [1.54, 1.807) is 7.11 Å². The molecule has 0 bridgehead atoms. The molecule has 1 atom stereocenters. The van der Waals surface area contributed by atoms with E-state index < -0.39 is 11.0 Å². The van der Waals surface area contributed by atoms with Gasteiger partial charge in [0.25, 0.3) is 0 Å². The minimum atomic E-state index is -1.14. The Morgan fingerprint density at radius 1 is 1.37 bits per heavy atom. The molecule has 4 nitrogen and oxygen atoms in total. The highest BCUT2D eigenvalue weighted by Gasteiger charge is 2.43. The summed E-state index contributed by atoms with van der Waals surface area (Å²) < 4.78 is 25.8. The SMILES string of the molecule is COc1cccc(C2(NS(=O)C(C)(C)C)COC2)c1. The third kappa shape index (κ3) is 2.99. The number of hydrogen-bond acceptors (Lipinski definition) is 3. The Kier molecular flexibility index (Phi) is 3.99. The van der Waals surface area contributed by atoms with E-state index in [-0.39, 0.29) is 10.3 Å². The summed E-state index contributed by atoms with van der Waals surface area (Å²) in [6.07, 6.45) is 0. The van der Waals surface area contributed by atoms with Crippen molar-refractivity contribution in [1.82, 2.24) is 4.72 Å². The predicted octanol–water partition coefficient (Wildman–Crippen LogP) is 1.97. The number of hydrogen-bond donors (Lipinski definition) is 1. The zero-order valence-electron chi connectivity index (χ0n) is 11.9. The molecule has 106 valence electrons. The molecule has 1 heterocycles. The monoisotopic (exact) mass is 283 g/mol. The first-order valence-corrected chi connectivity index (χ1v) is 7.44. The van der Waals surface area contributed by atoms with Crippen molar-refractivity contribution in [2.45, 2.75) is 31.1 Å². The highest BCUT2D eigenvalue weighted by atomic mass is 32.2. The normalized spacial score (nSPS) is 19.6. The smallest absolute Gasteiger partial charge is 0.119 e. The van der Waals surface area contributed by atoms with Crippen LogP contribution in [0.3, 0.4) is 0 Å². The van der Waals surface area contributed by atoms with Gasteiger partial charge >= 0.3 is 0 Å². The van der Waals surface area contributed by atoms with Gasteiger partial charge in [-0.05, 0) is 38.5 Å². The molecule has 1 aromatic carbocycles. The van der Waals surface area contributed by atoms with Gasteiger partial charge in [0.15, 0.2) is 0 Å². The van der Waals surface area contributed by atoms with Crippen molar-refractivity contribution in [3.05, 3.63) is 29.8 Å². The Morgan fingerprint density at radius 2 is 2.05 bits per heavy atom. The summed E-state index contributed by atoms with van der Waals surface area (Å²) >= 11 is 0. The fourth-order valence-electron chi connectivity index (χ4n) is 1.84. The maximum absolute atomic E-state index is 12.3. The van der Waals surface area contributed by atoms with Gasteiger partial charge in [0, 0.05) is 0 Å². The van der Waals surface area contributed by atoms with Crippen LogP contribution in [0.1, 0.15) is 26.3 Å². The lowest BCUT2D eigenvalue weighted by atomic mass is 9.89. The van der Waals surface area contributed by atoms with Crippen LogP contribution < -0.4 is 9.46 Å². The van der Waals surface area contributed by atoms with Crippen molar-refractivity contribution in [1.29, 1.82) is 0 Å². The molecule has 0 spiro atoms. The van der Waals surface area contributed by atoms with Crippen LogP contribution in [-0.4, -0.2) is 29.3 Å². The number of ether oxygens (including phenoxy) is 2. The highest BCUT2D eigenvalue weighted by molar-refractivity contribution is 7.84. The van der Waals surface area contributed by atoms with Crippen molar-refractivity contribution in [2.75, 3.05) is 20.3 Å². The second kappa shape index (κ2) is 5.23. The van der Waals surface area contributed by atoms with E-state index in [1.807, 2.05) is 45.0 Å². The zero-order valence-corrected chi connectivity index (χ0v) is 12.7. The lowest BCUT2D eigenvalue weighted by Gasteiger charge is -2.43. The van der Waals surface area contributed by atoms with E-state index in [0.29, 0.717) is 13.2 Å². The molecule has 0 aliphatic carbocycles. The third-order valence-corrected chi connectivity index (χ3v) is 4.85. The summed E-state index contributed by atoms with van der Waals surface area (Å²) in [5.41, 5.74) is 0.683. The topological polar surface area (TPSA) is 47.6 Å². The molecule has 1 aliphatic rings. The largest absolute Gasteiger partial charge is 0.497 e. The Morgan fingerprint density at radius 3 is 2.53 bits per heavy atom. The van der Waals surface area contributed by atoms with Gasteiger partial charge in [0.1, 0.15) is 11.3 Å². The van der Waals surface area contributed by atoms with Gasteiger partial charge in [-0.25, -0.2) is 8.93 Å². The molecule has 0 saturated carbocycles. The minimum absolute atomic E-state index is 0.304. The molecule has 1 aliphatic heterocycles. The van der Waals surface area contributed by atoms with Crippen LogP contribution in [0.4, 0.5) is 0 Å². The Hall–Kier alpha value is -0.910. The summed E-state index contributed by atoms with van der Waals surface area (Å²) in [5, 5.41) is 0. The average Bonchev–Trinajstić information content (AvgIpc) is 2.32. The second-order valence-electron chi connectivity index (χ2n) is 5.79.